The summed E-state index contributed by atoms with van der Waals surface area (Å²) in [6.45, 7) is 0. The molecule has 4 heteroatoms. The van der Waals surface area contributed by atoms with Gasteiger partial charge >= 0.3 is 0 Å². The number of benzene rings is 1. The summed E-state index contributed by atoms with van der Waals surface area (Å²) in [7, 11) is 1.94. The Kier molecular flexibility index (Phi) is 4.25. The Bertz CT molecular complexity index is 416. The van der Waals surface area contributed by atoms with E-state index >= 15 is 0 Å². The molecule has 1 aromatic carbocycles. The summed E-state index contributed by atoms with van der Waals surface area (Å²) >= 11 is 5.87. The molecule has 0 spiro atoms. The van der Waals surface area contributed by atoms with E-state index in [0.29, 0.717) is 35.9 Å². The maximum absolute atomic E-state index is 13.7. The molecule has 1 aliphatic rings. The van der Waals surface area contributed by atoms with Crippen LogP contribution in [-0.4, -0.2) is 23.8 Å². The summed E-state index contributed by atoms with van der Waals surface area (Å²) in [5.41, 5.74) is -0.285. The van der Waals surface area contributed by atoms with Crippen LogP contribution in [0.3, 0.4) is 0 Å². The zero-order chi connectivity index (χ0) is 13.2. The van der Waals surface area contributed by atoms with Crippen molar-refractivity contribution < 1.29 is 9.50 Å². The van der Waals surface area contributed by atoms with Crippen LogP contribution in [0.2, 0.25) is 5.02 Å². The minimum atomic E-state index is -0.793. The second kappa shape index (κ2) is 5.55. The molecule has 1 aliphatic carbocycles. The molecule has 0 aliphatic heterocycles. The average molecular weight is 272 g/mol. The summed E-state index contributed by atoms with van der Waals surface area (Å²) in [6.07, 6.45) is 3.59. The molecule has 0 saturated heterocycles. The lowest BCUT2D eigenvalue weighted by Crippen LogP contribution is -2.41. The van der Waals surface area contributed by atoms with Crippen molar-refractivity contribution >= 4 is 11.6 Å². The van der Waals surface area contributed by atoms with E-state index in [1.54, 1.807) is 6.07 Å². The molecule has 2 nitrogen and oxygen atoms in total. The van der Waals surface area contributed by atoms with Gasteiger partial charge in [-0.2, -0.15) is 0 Å². The normalized spacial score (nSPS) is 28.3. The molecule has 18 heavy (non-hydrogen) atoms. The van der Waals surface area contributed by atoms with Gasteiger partial charge in [-0.15, -0.1) is 0 Å². The van der Waals surface area contributed by atoms with Gasteiger partial charge < -0.3 is 10.4 Å². The van der Waals surface area contributed by atoms with Crippen LogP contribution in [0, 0.1) is 5.82 Å². The highest BCUT2D eigenvalue weighted by Gasteiger charge is 2.33. The Hall–Kier alpha value is -0.640. The van der Waals surface area contributed by atoms with E-state index in [2.05, 4.69) is 5.32 Å². The van der Waals surface area contributed by atoms with E-state index in [1.165, 1.54) is 12.1 Å². The van der Waals surface area contributed by atoms with Crippen molar-refractivity contribution in [1.82, 2.24) is 5.32 Å². The molecule has 0 aromatic heterocycles. The highest BCUT2D eigenvalue weighted by atomic mass is 35.5. The molecule has 1 aromatic rings. The van der Waals surface area contributed by atoms with Gasteiger partial charge in [0.1, 0.15) is 5.82 Å². The lowest BCUT2D eigenvalue weighted by molar-refractivity contribution is -0.00307. The number of hydrogen-bond acceptors (Lipinski definition) is 2. The fourth-order valence-corrected chi connectivity index (χ4v) is 2.85. The molecule has 100 valence electrons. The number of nitrogens with one attached hydrogen (secondary N) is 1. The summed E-state index contributed by atoms with van der Waals surface area (Å²) in [5.74, 6) is -0.288. The molecule has 0 radical (unpaired) electrons. The number of halogens is 2. The summed E-state index contributed by atoms with van der Waals surface area (Å²) in [4.78, 5) is 0. The summed E-state index contributed by atoms with van der Waals surface area (Å²) in [5, 5.41) is 14.2. The first kappa shape index (κ1) is 13.8. The molecular formula is C14H19ClFNO. The van der Waals surface area contributed by atoms with Crippen molar-refractivity contribution in [2.24, 2.45) is 0 Å². The van der Waals surface area contributed by atoms with Gasteiger partial charge in [0.05, 0.1) is 5.60 Å². The van der Waals surface area contributed by atoms with Crippen molar-refractivity contribution in [2.45, 2.75) is 43.7 Å². The first-order valence-electron chi connectivity index (χ1n) is 6.36. The van der Waals surface area contributed by atoms with Gasteiger partial charge in [-0.05, 0) is 56.5 Å². The molecule has 2 N–H and O–H groups in total. The summed E-state index contributed by atoms with van der Waals surface area (Å²) in [6, 6.07) is 4.97. The molecule has 0 bridgehead atoms. The fourth-order valence-electron chi connectivity index (χ4n) is 2.65. The molecule has 2 rings (SSSR count). The Labute approximate surface area is 112 Å². The Morgan fingerprint density at radius 2 is 2.11 bits per heavy atom. The van der Waals surface area contributed by atoms with Crippen LogP contribution < -0.4 is 5.32 Å². The molecule has 0 amide bonds. The summed E-state index contributed by atoms with van der Waals surface area (Å²) < 4.78 is 13.7. The third-order valence-electron chi connectivity index (χ3n) is 3.85. The maximum atomic E-state index is 13.7. The topological polar surface area (TPSA) is 32.3 Å². The van der Waals surface area contributed by atoms with E-state index in [-0.39, 0.29) is 5.82 Å². The van der Waals surface area contributed by atoms with Crippen LogP contribution in [0.5, 0.6) is 0 Å². The molecule has 0 unspecified atom stereocenters. The fraction of sp³-hybridized carbons (Fsp3) is 0.571. The first-order chi connectivity index (χ1) is 8.52. The van der Waals surface area contributed by atoms with E-state index in [9.17, 15) is 9.50 Å². The van der Waals surface area contributed by atoms with Gasteiger partial charge in [0.2, 0.25) is 0 Å². The minimum Gasteiger partial charge on any atom is -0.390 e. The lowest BCUT2D eigenvalue weighted by atomic mass is 9.78. The van der Waals surface area contributed by atoms with Crippen molar-refractivity contribution in [3.8, 4) is 0 Å². The highest BCUT2D eigenvalue weighted by Crippen LogP contribution is 2.32. The van der Waals surface area contributed by atoms with Crippen LogP contribution >= 0.6 is 11.6 Å². The van der Waals surface area contributed by atoms with Gasteiger partial charge in [0, 0.05) is 17.5 Å². The Morgan fingerprint density at radius 1 is 1.44 bits per heavy atom. The number of hydrogen-bond donors (Lipinski definition) is 2. The van der Waals surface area contributed by atoms with Crippen LogP contribution in [0.4, 0.5) is 4.39 Å². The highest BCUT2D eigenvalue weighted by molar-refractivity contribution is 6.30. The second-order valence-electron chi connectivity index (χ2n) is 5.20. The molecule has 1 fully saturated rings. The zero-order valence-corrected chi connectivity index (χ0v) is 11.3. The molecule has 0 atom stereocenters. The number of rotatable bonds is 3. The van der Waals surface area contributed by atoms with E-state index in [1.807, 2.05) is 7.05 Å². The largest absolute Gasteiger partial charge is 0.390 e. The molecule has 1 saturated carbocycles. The number of aliphatic hydroxyl groups is 1. The van der Waals surface area contributed by atoms with Crippen molar-refractivity contribution in [2.75, 3.05) is 7.05 Å². The van der Waals surface area contributed by atoms with Crippen LogP contribution in [-0.2, 0) is 6.42 Å². The van der Waals surface area contributed by atoms with Crippen LogP contribution in [0.25, 0.3) is 0 Å². The minimum absolute atomic E-state index is 0.288. The van der Waals surface area contributed by atoms with E-state index < -0.39 is 5.60 Å². The lowest BCUT2D eigenvalue weighted by Gasteiger charge is -2.36. The zero-order valence-electron chi connectivity index (χ0n) is 10.5. The van der Waals surface area contributed by atoms with Gasteiger partial charge in [0.25, 0.3) is 0 Å². The van der Waals surface area contributed by atoms with Crippen LogP contribution in [0.1, 0.15) is 31.2 Å². The van der Waals surface area contributed by atoms with Crippen molar-refractivity contribution in [3.05, 3.63) is 34.6 Å². The third-order valence-corrected chi connectivity index (χ3v) is 4.09. The van der Waals surface area contributed by atoms with Crippen molar-refractivity contribution in [1.29, 1.82) is 0 Å². The molecule has 0 heterocycles. The SMILES string of the molecule is CNC1CCC(O)(Cc2cc(Cl)ccc2F)CC1. The van der Waals surface area contributed by atoms with E-state index in [0.717, 1.165) is 12.8 Å². The smallest absolute Gasteiger partial charge is 0.126 e. The molecular weight excluding hydrogens is 253 g/mol. The van der Waals surface area contributed by atoms with Gasteiger partial charge in [0.15, 0.2) is 0 Å². The Morgan fingerprint density at radius 3 is 2.72 bits per heavy atom. The monoisotopic (exact) mass is 271 g/mol. The quantitative estimate of drug-likeness (QED) is 0.886. The van der Waals surface area contributed by atoms with Crippen LogP contribution in [0.15, 0.2) is 18.2 Å². The van der Waals surface area contributed by atoms with Gasteiger partial charge in [-0.3, -0.25) is 0 Å². The standard InChI is InChI=1S/C14H19ClFNO/c1-17-12-4-6-14(18,7-5-12)9-10-8-11(15)2-3-13(10)16/h2-3,8,12,17-18H,4-7,9H2,1H3. The first-order valence-corrected chi connectivity index (χ1v) is 6.74. The predicted molar refractivity (Wildman–Crippen MR) is 71.4 cm³/mol. The van der Waals surface area contributed by atoms with Gasteiger partial charge in [-0.1, -0.05) is 11.6 Å². The second-order valence-corrected chi connectivity index (χ2v) is 5.64. The maximum Gasteiger partial charge on any atom is 0.126 e. The predicted octanol–water partition coefficient (Wildman–Crippen LogP) is 2.91. The Balaban J connectivity index is 2.06. The van der Waals surface area contributed by atoms with E-state index in [4.69, 9.17) is 11.6 Å². The average Bonchev–Trinajstić information content (AvgIpc) is 2.35. The van der Waals surface area contributed by atoms with Crippen molar-refractivity contribution in [3.63, 3.8) is 0 Å². The third kappa shape index (κ3) is 3.22. The van der Waals surface area contributed by atoms with Gasteiger partial charge in [-0.25, -0.2) is 4.39 Å².